The summed E-state index contributed by atoms with van der Waals surface area (Å²) in [6.07, 6.45) is 9.90. The number of allylic oxidation sites excluding steroid dienone is 2. The molecular formula is C19H23N3O3. The molecule has 6 heteroatoms. The van der Waals surface area contributed by atoms with Crippen molar-refractivity contribution in [2.24, 2.45) is 23.5 Å². The van der Waals surface area contributed by atoms with Crippen LogP contribution in [0.3, 0.4) is 0 Å². The molecular weight excluding hydrogens is 318 g/mol. The highest BCUT2D eigenvalue weighted by atomic mass is 16.5. The zero-order valence-electron chi connectivity index (χ0n) is 14.1. The van der Waals surface area contributed by atoms with Crippen LogP contribution in [0.4, 0.5) is 0 Å². The number of aromatic nitrogens is 1. The fourth-order valence-electron chi connectivity index (χ4n) is 4.35. The molecule has 2 aliphatic carbocycles. The molecule has 4 atom stereocenters. The van der Waals surface area contributed by atoms with Gasteiger partial charge < -0.3 is 15.4 Å². The highest BCUT2D eigenvalue weighted by Gasteiger charge is 2.42. The molecule has 4 unspecified atom stereocenters. The third kappa shape index (κ3) is 3.25. The van der Waals surface area contributed by atoms with Crippen LogP contribution in [0.25, 0.3) is 0 Å². The number of likely N-dealkylation sites (tertiary alicyclic amines) is 1. The van der Waals surface area contributed by atoms with Gasteiger partial charge >= 0.3 is 0 Å². The Kier molecular flexibility index (Phi) is 4.19. The average Bonchev–Trinajstić information content (AvgIpc) is 3.25. The van der Waals surface area contributed by atoms with E-state index in [2.05, 4.69) is 17.1 Å². The van der Waals surface area contributed by atoms with Crippen molar-refractivity contribution in [3.63, 3.8) is 0 Å². The van der Waals surface area contributed by atoms with Gasteiger partial charge in [0.1, 0.15) is 17.5 Å². The van der Waals surface area contributed by atoms with Gasteiger partial charge in [0.2, 0.25) is 5.91 Å². The number of nitrogens with zero attached hydrogens (tertiary/aromatic N) is 2. The zero-order chi connectivity index (χ0) is 17.4. The molecule has 2 heterocycles. The zero-order valence-corrected chi connectivity index (χ0v) is 14.1. The highest BCUT2D eigenvalue weighted by Crippen LogP contribution is 2.44. The summed E-state index contributed by atoms with van der Waals surface area (Å²) in [4.78, 5) is 30.0. The molecule has 0 aromatic carbocycles. The van der Waals surface area contributed by atoms with Gasteiger partial charge in [0, 0.05) is 24.7 Å². The predicted octanol–water partition coefficient (Wildman–Crippen LogP) is 1.76. The third-order valence-corrected chi connectivity index (χ3v) is 5.57. The summed E-state index contributed by atoms with van der Waals surface area (Å²) in [6, 6.07) is 3.28. The second-order valence-corrected chi connectivity index (χ2v) is 7.29. The van der Waals surface area contributed by atoms with Crippen molar-refractivity contribution in [2.45, 2.75) is 31.8 Å². The molecule has 2 fully saturated rings. The van der Waals surface area contributed by atoms with Crippen molar-refractivity contribution in [1.82, 2.24) is 9.88 Å². The highest BCUT2D eigenvalue weighted by molar-refractivity contribution is 5.91. The number of nitrogens with two attached hydrogens (primary N) is 1. The maximum atomic E-state index is 12.9. The van der Waals surface area contributed by atoms with Crippen LogP contribution in [0.2, 0.25) is 0 Å². The Bertz CT molecular complexity index is 718. The lowest BCUT2D eigenvalue weighted by Gasteiger charge is -2.35. The predicted molar refractivity (Wildman–Crippen MR) is 91.8 cm³/mol. The number of carbonyl (C=O) groups excluding carboxylic acids is 2. The number of rotatable bonds is 4. The minimum absolute atomic E-state index is 0.0602. The first-order chi connectivity index (χ1) is 12.1. The standard InChI is InChI=1S/C19H23N3O3/c20-18(23)17-10-14(5-6-21-17)25-15-2-1-7-22(11-15)19(24)16-9-12-3-4-13(16)8-12/h3-6,10,12-13,15-16H,1-2,7-9,11H2,(H2,20,23). The summed E-state index contributed by atoms with van der Waals surface area (Å²) in [7, 11) is 0. The summed E-state index contributed by atoms with van der Waals surface area (Å²) in [5.41, 5.74) is 5.45. The molecule has 1 saturated heterocycles. The maximum absolute atomic E-state index is 12.9. The molecule has 1 saturated carbocycles. The van der Waals surface area contributed by atoms with Crippen molar-refractivity contribution in [3.8, 4) is 5.75 Å². The van der Waals surface area contributed by atoms with Gasteiger partial charge in [-0.25, -0.2) is 0 Å². The number of hydrogen-bond acceptors (Lipinski definition) is 4. The first-order valence-electron chi connectivity index (χ1n) is 9.00. The lowest BCUT2D eigenvalue weighted by Crippen LogP contribution is -2.47. The Hall–Kier alpha value is -2.37. The number of hydrogen-bond donors (Lipinski definition) is 1. The normalized spacial score (nSPS) is 30.5. The molecule has 0 spiro atoms. The topological polar surface area (TPSA) is 85.5 Å². The van der Waals surface area contributed by atoms with Gasteiger partial charge in [0.05, 0.1) is 6.54 Å². The van der Waals surface area contributed by atoms with Crippen LogP contribution < -0.4 is 10.5 Å². The van der Waals surface area contributed by atoms with Crippen molar-refractivity contribution < 1.29 is 14.3 Å². The van der Waals surface area contributed by atoms with Crippen LogP contribution in [-0.2, 0) is 4.79 Å². The minimum Gasteiger partial charge on any atom is -0.488 e. The molecule has 2 N–H and O–H groups in total. The number of piperidine rings is 1. The van der Waals surface area contributed by atoms with E-state index < -0.39 is 5.91 Å². The second kappa shape index (κ2) is 6.50. The van der Waals surface area contributed by atoms with Gasteiger partial charge in [-0.2, -0.15) is 0 Å². The summed E-state index contributed by atoms with van der Waals surface area (Å²) < 4.78 is 6.00. The van der Waals surface area contributed by atoms with Gasteiger partial charge in [-0.15, -0.1) is 0 Å². The SMILES string of the molecule is NC(=O)c1cc(OC2CCCN(C(=O)C3CC4C=CC3C4)C2)ccn1. The fraction of sp³-hybridized carbons (Fsp3) is 0.526. The van der Waals surface area contributed by atoms with Crippen molar-refractivity contribution in [1.29, 1.82) is 0 Å². The molecule has 4 rings (SSSR count). The lowest BCUT2D eigenvalue weighted by molar-refractivity contribution is -0.139. The van der Waals surface area contributed by atoms with E-state index in [1.165, 1.54) is 6.20 Å². The fourth-order valence-corrected chi connectivity index (χ4v) is 4.35. The molecule has 0 radical (unpaired) electrons. The molecule has 1 aliphatic heterocycles. The Labute approximate surface area is 147 Å². The Balaban J connectivity index is 1.39. The third-order valence-electron chi connectivity index (χ3n) is 5.57. The number of carbonyl (C=O) groups is 2. The van der Waals surface area contributed by atoms with E-state index in [1.807, 2.05) is 4.90 Å². The smallest absolute Gasteiger partial charge is 0.267 e. The number of amides is 2. The van der Waals surface area contributed by atoms with E-state index >= 15 is 0 Å². The van der Waals surface area contributed by atoms with E-state index in [4.69, 9.17) is 10.5 Å². The molecule has 6 nitrogen and oxygen atoms in total. The molecule has 2 amide bonds. The molecule has 3 aliphatic rings. The number of primary amides is 1. The number of pyridine rings is 1. The molecule has 25 heavy (non-hydrogen) atoms. The molecule has 1 aromatic rings. The first-order valence-corrected chi connectivity index (χ1v) is 9.00. The molecule has 132 valence electrons. The quantitative estimate of drug-likeness (QED) is 0.846. The Morgan fingerprint density at radius 2 is 2.16 bits per heavy atom. The van der Waals surface area contributed by atoms with Gasteiger partial charge in [-0.3, -0.25) is 14.6 Å². The van der Waals surface area contributed by atoms with Gasteiger partial charge in [0.15, 0.2) is 0 Å². The monoisotopic (exact) mass is 341 g/mol. The van der Waals surface area contributed by atoms with Crippen molar-refractivity contribution in [3.05, 3.63) is 36.2 Å². The lowest BCUT2D eigenvalue weighted by atomic mass is 9.91. The Morgan fingerprint density at radius 1 is 1.28 bits per heavy atom. The van der Waals surface area contributed by atoms with Gasteiger partial charge in [-0.05, 0) is 43.6 Å². The summed E-state index contributed by atoms with van der Waals surface area (Å²) in [6.45, 7) is 1.41. The second-order valence-electron chi connectivity index (χ2n) is 7.29. The van der Waals surface area contributed by atoms with E-state index in [0.29, 0.717) is 24.1 Å². The van der Waals surface area contributed by atoms with Crippen LogP contribution in [-0.4, -0.2) is 40.9 Å². The van der Waals surface area contributed by atoms with Crippen LogP contribution in [0.1, 0.15) is 36.2 Å². The maximum Gasteiger partial charge on any atom is 0.267 e. The van der Waals surface area contributed by atoms with E-state index in [0.717, 1.165) is 32.2 Å². The van der Waals surface area contributed by atoms with Crippen LogP contribution >= 0.6 is 0 Å². The first kappa shape index (κ1) is 16.1. The van der Waals surface area contributed by atoms with Crippen molar-refractivity contribution >= 4 is 11.8 Å². The Morgan fingerprint density at radius 3 is 2.88 bits per heavy atom. The summed E-state index contributed by atoms with van der Waals surface area (Å²) >= 11 is 0. The van der Waals surface area contributed by atoms with Crippen LogP contribution in [0.5, 0.6) is 5.75 Å². The van der Waals surface area contributed by atoms with Gasteiger partial charge in [0.25, 0.3) is 5.91 Å². The largest absolute Gasteiger partial charge is 0.488 e. The van der Waals surface area contributed by atoms with Crippen molar-refractivity contribution in [2.75, 3.05) is 13.1 Å². The minimum atomic E-state index is -0.574. The average molecular weight is 341 g/mol. The molecule has 2 bridgehead atoms. The van der Waals surface area contributed by atoms with Crippen LogP contribution in [0, 0.1) is 17.8 Å². The van der Waals surface area contributed by atoms with E-state index in [9.17, 15) is 9.59 Å². The van der Waals surface area contributed by atoms with E-state index in [-0.39, 0.29) is 23.6 Å². The summed E-state index contributed by atoms with van der Waals surface area (Å²) in [5, 5.41) is 0. The number of fused-ring (bicyclic) bond motifs is 2. The molecule has 1 aromatic heterocycles. The number of ether oxygens (including phenoxy) is 1. The van der Waals surface area contributed by atoms with E-state index in [1.54, 1.807) is 12.1 Å². The summed E-state index contributed by atoms with van der Waals surface area (Å²) in [5.74, 6) is 1.45. The van der Waals surface area contributed by atoms with Gasteiger partial charge in [-0.1, -0.05) is 12.2 Å². The van der Waals surface area contributed by atoms with Crippen LogP contribution in [0.15, 0.2) is 30.5 Å².